The van der Waals surface area contributed by atoms with Crippen LogP contribution >= 0.6 is 15.9 Å². The Bertz CT molecular complexity index is 431. The highest BCUT2D eigenvalue weighted by atomic mass is 79.9. The fraction of sp³-hybridized carbons (Fsp3) is 0.462. The van der Waals surface area contributed by atoms with Crippen molar-refractivity contribution in [2.45, 2.75) is 25.4 Å². The lowest BCUT2D eigenvalue weighted by molar-refractivity contribution is -0.0111. The van der Waals surface area contributed by atoms with Gasteiger partial charge < -0.3 is 15.2 Å². The van der Waals surface area contributed by atoms with Crippen LogP contribution in [0, 0.1) is 5.41 Å². The molecule has 1 aliphatic rings. The molecule has 1 saturated heterocycles. The van der Waals surface area contributed by atoms with Gasteiger partial charge in [0.15, 0.2) is 0 Å². The Morgan fingerprint density at radius 2 is 2.33 bits per heavy atom. The van der Waals surface area contributed by atoms with Crippen molar-refractivity contribution < 1.29 is 9.47 Å². The van der Waals surface area contributed by atoms with Gasteiger partial charge in [0, 0.05) is 11.1 Å². The van der Waals surface area contributed by atoms with Crippen LogP contribution in [-0.2, 0) is 4.74 Å². The first kappa shape index (κ1) is 13.4. The van der Waals surface area contributed by atoms with Crippen molar-refractivity contribution in [2.24, 2.45) is 5.73 Å². The SMILES string of the molecule is N=C(N)c1c(Br)cccc1OCC1CCCCO1. The number of benzene rings is 1. The maximum atomic E-state index is 7.58. The molecule has 0 bridgehead atoms. The zero-order valence-corrected chi connectivity index (χ0v) is 11.7. The third kappa shape index (κ3) is 3.23. The molecule has 0 aliphatic carbocycles. The van der Waals surface area contributed by atoms with Crippen molar-refractivity contribution >= 4 is 21.8 Å². The van der Waals surface area contributed by atoms with Gasteiger partial charge in [-0.05, 0) is 47.3 Å². The van der Waals surface area contributed by atoms with Gasteiger partial charge in [-0.2, -0.15) is 0 Å². The summed E-state index contributed by atoms with van der Waals surface area (Å²) in [5, 5.41) is 7.58. The Morgan fingerprint density at radius 1 is 1.50 bits per heavy atom. The molecule has 1 fully saturated rings. The van der Waals surface area contributed by atoms with Crippen LogP contribution in [0.25, 0.3) is 0 Å². The van der Waals surface area contributed by atoms with Crippen LogP contribution in [0.2, 0.25) is 0 Å². The molecule has 1 heterocycles. The van der Waals surface area contributed by atoms with Crippen LogP contribution in [0.15, 0.2) is 22.7 Å². The van der Waals surface area contributed by atoms with Crippen molar-refractivity contribution in [3.8, 4) is 5.75 Å². The lowest BCUT2D eigenvalue weighted by atomic mass is 10.1. The molecule has 0 saturated carbocycles. The minimum Gasteiger partial charge on any atom is -0.490 e. The molecule has 1 unspecified atom stereocenters. The lowest BCUT2D eigenvalue weighted by Crippen LogP contribution is -2.26. The molecule has 3 N–H and O–H groups in total. The highest BCUT2D eigenvalue weighted by Crippen LogP contribution is 2.27. The number of rotatable bonds is 4. The van der Waals surface area contributed by atoms with Crippen LogP contribution in [0.5, 0.6) is 5.75 Å². The van der Waals surface area contributed by atoms with Gasteiger partial charge in [0.2, 0.25) is 0 Å². The summed E-state index contributed by atoms with van der Waals surface area (Å²) in [6.07, 6.45) is 3.50. The summed E-state index contributed by atoms with van der Waals surface area (Å²) >= 11 is 3.38. The van der Waals surface area contributed by atoms with Crippen LogP contribution in [0.4, 0.5) is 0 Å². The monoisotopic (exact) mass is 312 g/mol. The van der Waals surface area contributed by atoms with E-state index in [2.05, 4.69) is 15.9 Å². The molecule has 0 aromatic heterocycles. The van der Waals surface area contributed by atoms with E-state index in [4.69, 9.17) is 20.6 Å². The zero-order valence-electron chi connectivity index (χ0n) is 10.1. The maximum Gasteiger partial charge on any atom is 0.131 e. The number of nitrogen functional groups attached to an aromatic ring is 1. The summed E-state index contributed by atoms with van der Waals surface area (Å²) in [5.41, 5.74) is 6.17. The predicted octanol–water partition coefficient (Wildman–Crippen LogP) is 2.68. The average Bonchev–Trinajstić information content (AvgIpc) is 2.37. The van der Waals surface area contributed by atoms with Crippen LogP contribution in [0.3, 0.4) is 0 Å². The van der Waals surface area contributed by atoms with E-state index in [-0.39, 0.29) is 11.9 Å². The van der Waals surface area contributed by atoms with E-state index in [0.717, 1.165) is 23.9 Å². The summed E-state index contributed by atoms with van der Waals surface area (Å²) in [5.74, 6) is 0.632. The third-order valence-electron chi connectivity index (χ3n) is 2.94. The largest absolute Gasteiger partial charge is 0.490 e. The molecular weight excluding hydrogens is 296 g/mol. The molecule has 1 aliphatic heterocycles. The number of hydrogen-bond donors (Lipinski definition) is 2. The smallest absolute Gasteiger partial charge is 0.131 e. The summed E-state index contributed by atoms with van der Waals surface area (Å²) in [7, 11) is 0. The molecular formula is C13H17BrN2O2. The minimum atomic E-state index is 0.00189. The fourth-order valence-corrected chi connectivity index (χ4v) is 2.57. The van der Waals surface area contributed by atoms with Crippen molar-refractivity contribution in [1.82, 2.24) is 0 Å². The van der Waals surface area contributed by atoms with Gasteiger partial charge in [-0.1, -0.05) is 6.07 Å². The highest BCUT2D eigenvalue weighted by molar-refractivity contribution is 9.10. The Labute approximate surface area is 115 Å². The normalized spacial score (nSPS) is 19.5. The molecule has 1 aromatic rings. The second kappa shape index (κ2) is 6.20. The fourth-order valence-electron chi connectivity index (χ4n) is 2.01. The third-order valence-corrected chi connectivity index (χ3v) is 3.60. The summed E-state index contributed by atoms with van der Waals surface area (Å²) in [4.78, 5) is 0. The van der Waals surface area contributed by atoms with Gasteiger partial charge in [0.05, 0.1) is 11.7 Å². The molecule has 1 aromatic carbocycles. The first-order valence-corrected chi connectivity index (χ1v) is 6.85. The Balaban J connectivity index is 2.04. The molecule has 98 valence electrons. The van der Waals surface area contributed by atoms with Gasteiger partial charge in [0.1, 0.15) is 18.2 Å². The zero-order chi connectivity index (χ0) is 13.0. The number of hydrogen-bond acceptors (Lipinski definition) is 3. The van der Waals surface area contributed by atoms with E-state index in [1.807, 2.05) is 18.2 Å². The first-order valence-electron chi connectivity index (χ1n) is 6.06. The number of ether oxygens (including phenoxy) is 2. The molecule has 0 radical (unpaired) electrons. The van der Waals surface area contributed by atoms with E-state index in [0.29, 0.717) is 17.9 Å². The lowest BCUT2D eigenvalue weighted by Gasteiger charge is -2.23. The van der Waals surface area contributed by atoms with Crippen molar-refractivity contribution in [2.75, 3.05) is 13.2 Å². The van der Waals surface area contributed by atoms with Gasteiger partial charge in [-0.15, -0.1) is 0 Å². The maximum absolute atomic E-state index is 7.58. The van der Waals surface area contributed by atoms with Gasteiger partial charge in [-0.3, -0.25) is 5.41 Å². The number of nitrogens with two attached hydrogens (primary N) is 1. The van der Waals surface area contributed by atoms with E-state index < -0.39 is 0 Å². The van der Waals surface area contributed by atoms with Crippen LogP contribution in [-0.4, -0.2) is 25.2 Å². The van der Waals surface area contributed by atoms with Crippen molar-refractivity contribution in [3.05, 3.63) is 28.2 Å². The number of halogens is 1. The summed E-state index contributed by atoms with van der Waals surface area (Å²) < 4.78 is 12.1. The van der Waals surface area contributed by atoms with E-state index in [1.165, 1.54) is 6.42 Å². The van der Waals surface area contributed by atoms with Crippen molar-refractivity contribution in [1.29, 1.82) is 5.41 Å². The molecule has 18 heavy (non-hydrogen) atoms. The van der Waals surface area contributed by atoms with E-state index >= 15 is 0 Å². The molecule has 1 atom stereocenters. The van der Waals surface area contributed by atoms with Crippen LogP contribution in [0.1, 0.15) is 24.8 Å². The molecule has 2 rings (SSSR count). The second-order valence-electron chi connectivity index (χ2n) is 4.33. The number of amidine groups is 1. The molecule has 4 nitrogen and oxygen atoms in total. The van der Waals surface area contributed by atoms with E-state index in [1.54, 1.807) is 0 Å². The topological polar surface area (TPSA) is 68.3 Å². The first-order chi connectivity index (χ1) is 8.68. The Hall–Kier alpha value is -1.07. The van der Waals surface area contributed by atoms with Crippen LogP contribution < -0.4 is 10.5 Å². The van der Waals surface area contributed by atoms with E-state index in [9.17, 15) is 0 Å². The predicted molar refractivity (Wildman–Crippen MR) is 74.2 cm³/mol. The number of nitrogens with one attached hydrogen (secondary N) is 1. The molecule has 0 spiro atoms. The minimum absolute atomic E-state index is 0.00189. The Kier molecular flexibility index (Phi) is 4.60. The highest BCUT2D eigenvalue weighted by Gasteiger charge is 2.16. The molecule has 0 amide bonds. The standard InChI is InChI=1S/C13H17BrN2O2/c14-10-5-3-6-11(12(10)13(15)16)18-8-9-4-1-2-7-17-9/h3,5-6,9H,1-2,4,7-8H2,(H3,15,16). The molecule has 5 heteroatoms. The van der Waals surface area contributed by atoms with Gasteiger partial charge in [0.25, 0.3) is 0 Å². The average molecular weight is 313 g/mol. The summed E-state index contributed by atoms with van der Waals surface area (Å²) in [6, 6.07) is 5.54. The second-order valence-corrected chi connectivity index (χ2v) is 5.18. The van der Waals surface area contributed by atoms with Gasteiger partial charge in [-0.25, -0.2) is 0 Å². The van der Waals surface area contributed by atoms with Gasteiger partial charge >= 0.3 is 0 Å². The van der Waals surface area contributed by atoms with Crippen molar-refractivity contribution in [3.63, 3.8) is 0 Å². The Morgan fingerprint density at radius 3 is 3.00 bits per heavy atom. The summed E-state index contributed by atoms with van der Waals surface area (Å²) in [6.45, 7) is 1.32. The quantitative estimate of drug-likeness (QED) is 0.663.